The zero-order chi connectivity index (χ0) is 36.8. The number of rotatable bonds is 12. The highest BCUT2D eigenvalue weighted by Gasteiger charge is 2.30. The number of aryl methyl sites for hydroxylation is 1. The Morgan fingerprint density at radius 2 is 1.55 bits per heavy atom. The van der Waals surface area contributed by atoms with Crippen molar-refractivity contribution in [3.8, 4) is 11.1 Å². The van der Waals surface area contributed by atoms with E-state index >= 15 is 0 Å². The first-order valence-corrected chi connectivity index (χ1v) is 18.0. The van der Waals surface area contributed by atoms with E-state index in [0.29, 0.717) is 21.5 Å². The highest BCUT2D eigenvalue weighted by Crippen LogP contribution is 2.31. The van der Waals surface area contributed by atoms with E-state index in [-0.39, 0.29) is 48.1 Å². The maximum Gasteiger partial charge on any atom is 0.416 e. The van der Waals surface area contributed by atoms with Crippen molar-refractivity contribution in [3.05, 3.63) is 135 Å². The molecule has 0 atom stereocenters. The van der Waals surface area contributed by atoms with Crippen LogP contribution in [-0.2, 0) is 41.0 Å². The summed E-state index contributed by atoms with van der Waals surface area (Å²) in [5.41, 5.74) is 2.98. The third-order valence-electron chi connectivity index (χ3n) is 9.23. The van der Waals surface area contributed by atoms with Crippen LogP contribution >= 0.6 is 24.2 Å². The normalized spacial score (nSPS) is 13.5. The van der Waals surface area contributed by atoms with Crippen molar-refractivity contribution in [2.75, 3.05) is 39.9 Å². The number of hydrogen-bond donors (Lipinski definition) is 0. The number of benzene rings is 4. The van der Waals surface area contributed by atoms with Gasteiger partial charge in [-0.3, -0.25) is 14.5 Å². The molecule has 6 rings (SSSR count). The number of nitrogens with zero attached hydrogens (tertiary/aromatic N) is 3. The van der Waals surface area contributed by atoms with Crippen LogP contribution in [0.3, 0.4) is 0 Å². The molecule has 5 aromatic rings. The third kappa shape index (κ3) is 10.1. The van der Waals surface area contributed by atoms with Crippen LogP contribution in [0, 0.1) is 11.6 Å². The lowest BCUT2D eigenvalue weighted by Crippen LogP contribution is -2.36. The van der Waals surface area contributed by atoms with Gasteiger partial charge in [0.15, 0.2) is 17.1 Å². The number of alkyl halides is 3. The second-order valence-corrected chi connectivity index (χ2v) is 13.9. The summed E-state index contributed by atoms with van der Waals surface area (Å²) >= 11 is 1.16. The standard InChI is InChI=1S/C40H38F5N3O3S.ClH/c1-46(24-28-7-10-29(11-8-28)30-12-14-32(15-13-30)40(43,44)45)37(50)25-48-35-22-27(4-3-17-47-18-20-51-21-19-47)9-16-33(35)36(49)23-38(48)52-26-31-5-2-6-34(41)39(31)42;/h2,5-16,22-23H,3-4,17-21,24-26H2,1H3;1H. The minimum absolute atomic E-state index is 0. The molecule has 280 valence electrons. The quantitative estimate of drug-likeness (QED) is 0.0940. The van der Waals surface area contributed by atoms with Crippen molar-refractivity contribution < 1.29 is 31.5 Å². The topological polar surface area (TPSA) is 54.8 Å². The van der Waals surface area contributed by atoms with Crippen molar-refractivity contribution in [3.63, 3.8) is 0 Å². The van der Waals surface area contributed by atoms with Gasteiger partial charge in [-0.15, -0.1) is 24.2 Å². The molecule has 0 radical (unpaired) electrons. The number of thioether (sulfide) groups is 1. The first kappa shape index (κ1) is 40.0. The number of likely N-dealkylation sites (N-methyl/N-ethyl adjacent to an activating group) is 1. The fourth-order valence-corrected chi connectivity index (χ4v) is 7.28. The lowest BCUT2D eigenvalue weighted by molar-refractivity contribution is -0.137. The number of hydrogen-bond acceptors (Lipinski definition) is 5. The molecule has 53 heavy (non-hydrogen) atoms. The number of aromatic nitrogens is 1. The van der Waals surface area contributed by atoms with Crippen LogP contribution in [0.4, 0.5) is 22.0 Å². The van der Waals surface area contributed by atoms with Crippen molar-refractivity contribution in [1.82, 2.24) is 14.4 Å². The molecular weight excluding hydrogens is 733 g/mol. The molecule has 2 heterocycles. The monoisotopic (exact) mass is 771 g/mol. The Balaban J connectivity index is 0.00000541. The summed E-state index contributed by atoms with van der Waals surface area (Å²) in [5.74, 6) is -2.11. The van der Waals surface area contributed by atoms with Gasteiger partial charge in [-0.25, -0.2) is 8.78 Å². The van der Waals surface area contributed by atoms with E-state index in [0.717, 1.165) is 92.3 Å². The van der Waals surface area contributed by atoms with E-state index in [2.05, 4.69) is 4.90 Å². The van der Waals surface area contributed by atoms with Gasteiger partial charge in [0.05, 0.1) is 29.3 Å². The summed E-state index contributed by atoms with van der Waals surface area (Å²) in [5, 5.41) is 0.904. The summed E-state index contributed by atoms with van der Waals surface area (Å²) in [6.07, 6.45) is -2.74. The van der Waals surface area contributed by atoms with Crippen molar-refractivity contribution in [2.45, 2.75) is 42.9 Å². The fraction of sp³-hybridized carbons (Fsp3) is 0.300. The summed E-state index contributed by atoms with van der Waals surface area (Å²) in [7, 11) is 1.67. The van der Waals surface area contributed by atoms with E-state index in [4.69, 9.17) is 4.74 Å². The molecule has 1 fully saturated rings. The number of halogens is 6. The Morgan fingerprint density at radius 1 is 0.887 bits per heavy atom. The molecule has 1 aromatic heterocycles. The number of carbonyl (C=O) groups excluding carboxylic acids is 1. The van der Waals surface area contributed by atoms with Crippen LogP contribution < -0.4 is 5.43 Å². The van der Waals surface area contributed by atoms with Crippen LogP contribution in [-0.4, -0.2) is 60.2 Å². The number of amides is 1. The fourth-order valence-electron chi connectivity index (χ4n) is 6.25. The molecule has 4 aromatic carbocycles. The first-order chi connectivity index (χ1) is 25.0. The molecule has 0 spiro atoms. The lowest BCUT2D eigenvalue weighted by Gasteiger charge is -2.26. The summed E-state index contributed by atoms with van der Waals surface area (Å²) in [6, 6.07) is 23.3. The van der Waals surface area contributed by atoms with Crippen molar-refractivity contribution in [2.24, 2.45) is 0 Å². The molecular formula is C40H39ClF5N3O3S. The van der Waals surface area contributed by atoms with Gasteiger partial charge in [0.1, 0.15) is 6.54 Å². The minimum Gasteiger partial charge on any atom is -0.379 e. The smallest absolute Gasteiger partial charge is 0.379 e. The second-order valence-electron chi connectivity index (χ2n) is 12.9. The van der Waals surface area contributed by atoms with Crippen LogP contribution in [0.15, 0.2) is 101 Å². The first-order valence-electron chi connectivity index (χ1n) is 17.0. The van der Waals surface area contributed by atoms with Gasteiger partial charge >= 0.3 is 6.18 Å². The average molecular weight is 772 g/mol. The van der Waals surface area contributed by atoms with E-state index in [9.17, 15) is 31.5 Å². The molecule has 0 bridgehead atoms. The molecule has 1 saturated heterocycles. The number of ether oxygens (including phenoxy) is 1. The van der Waals surface area contributed by atoms with Crippen LogP contribution in [0.2, 0.25) is 0 Å². The largest absolute Gasteiger partial charge is 0.416 e. The van der Waals surface area contributed by atoms with E-state index in [1.54, 1.807) is 34.7 Å². The molecule has 0 unspecified atom stereocenters. The number of pyridine rings is 1. The maximum absolute atomic E-state index is 14.6. The maximum atomic E-state index is 14.6. The average Bonchev–Trinajstić information content (AvgIpc) is 3.14. The summed E-state index contributed by atoms with van der Waals surface area (Å²) < 4.78 is 74.8. The predicted octanol–water partition coefficient (Wildman–Crippen LogP) is 8.60. The van der Waals surface area contributed by atoms with Crippen LogP contribution in [0.25, 0.3) is 22.0 Å². The zero-order valence-corrected chi connectivity index (χ0v) is 30.6. The van der Waals surface area contributed by atoms with Gasteiger partial charge in [-0.05, 0) is 72.0 Å². The van der Waals surface area contributed by atoms with Gasteiger partial charge in [-0.1, -0.05) is 54.6 Å². The van der Waals surface area contributed by atoms with Gasteiger partial charge in [-0.2, -0.15) is 13.2 Å². The Hall–Kier alpha value is -4.23. The minimum atomic E-state index is -4.41. The number of carbonyl (C=O) groups is 1. The second kappa shape index (κ2) is 17.7. The Labute approximate surface area is 315 Å². The number of fused-ring (bicyclic) bond motifs is 1. The molecule has 1 aliphatic rings. The molecule has 13 heteroatoms. The summed E-state index contributed by atoms with van der Waals surface area (Å²) in [4.78, 5) is 31.1. The zero-order valence-electron chi connectivity index (χ0n) is 29.0. The van der Waals surface area contributed by atoms with Gasteiger partial charge in [0.2, 0.25) is 5.91 Å². The van der Waals surface area contributed by atoms with Crippen LogP contribution in [0.1, 0.15) is 28.7 Å². The van der Waals surface area contributed by atoms with E-state index in [1.807, 2.05) is 24.3 Å². The molecule has 0 aliphatic carbocycles. The molecule has 0 N–H and O–H groups in total. The Morgan fingerprint density at radius 3 is 2.23 bits per heavy atom. The molecule has 0 saturated carbocycles. The molecule has 6 nitrogen and oxygen atoms in total. The van der Waals surface area contributed by atoms with Gasteiger partial charge in [0, 0.05) is 49.5 Å². The van der Waals surface area contributed by atoms with Gasteiger partial charge in [0.25, 0.3) is 0 Å². The van der Waals surface area contributed by atoms with Gasteiger partial charge < -0.3 is 14.2 Å². The van der Waals surface area contributed by atoms with E-state index in [1.165, 1.54) is 30.3 Å². The Bertz CT molecular complexity index is 2090. The SMILES string of the molecule is CN(Cc1ccc(-c2ccc(C(F)(F)F)cc2)cc1)C(=O)Cn1c(SCc2cccc(F)c2F)cc(=O)c2ccc(CCCN3CCOCC3)cc21.Cl. The molecule has 1 aliphatic heterocycles. The van der Waals surface area contributed by atoms with E-state index < -0.39 is 23.4 Å². The van der Waals surface area contributed by atoms with Crippen molar-refractivity contribution >= 4 is 41.0 Å². The lowest BCUT2D eigenvalue weighted by atomic mass is 10.0. The highest BCUT2D eigenvalue weighted by atomic mass is 35.5. The highest BCUT2D eigenvalue weighted by molar-refractivity contribution is 7.98. The summed E-state index contributed by atoms with van der Waals surface area (Å²) in [6.45, 7) is 4.29. The Kier molecular flexibility index (Phi) is 13.4. The van der Waals surface area contributed by atoms with Crippen molar-refractivity contribution in [1.29, 1.82) is 0 Å². The predicted molar refractivity (Wildman–Crippen MR) is 200 cm³/mol. The number of morpholine rings is 1. The third-order valence-corrected chi connectivity index (χ3v) is 10.3. The molecule has 1 amide bonds. The van der Waals surface area contributed by atoms with Crippen LogP contribution in [0.5, 0.6) is 0 Å².